The lowest BCUT2D eigenvalue weighted by molar-refractivity contribution is 0.341. The van der Waals surface area contributed by atoms with Crippen molar-refractivity contribution in [2.75, 3.05) is 36.0 Å². The molecule has 1 atom stereocenters. The summed E-state index contributed by atoms with van der Waals surface area (Å²) in [6.45, 7) is 7.01. The Labute approximate surface area is 100.0 Å². The van der Waals surface area contributed by atoms with E-state index in [4.69, 9.17) is 4.52 Å². The molecule has 90 valence electrons. The van der Waals surface area contributed by atoms with E-state index in [1.54, 1.807) is 0 Å². The van der Waals surface area contributed by atoms with E-state index >= 15 is 0 Å². The summed E-state index contributed by atoms with van der Waals surface area (Å²) in [5.74, 6) is 3.60. The van der Waals surface area contributed by atoms with Crippen LogP contribution in [0.4, 0.5) is 5.95 Å². The second-order valence-corrected chi connectivity index (χ2v) is 4.84. The van der Waals surface area contributed by atoms with Crippen molar-refractivity contribution in [3.8, 4) is 0 Å². The van der Waals surface area contributed by atoms with Gasteiger partial charge in [-0.15, -0.1) is 0 Å². The van der Waals surface area contributed by atoms with E-state index in [2.05, 4.69) is 34.2 Å². The van der Waals surface area contributed by atoms with Gasteiger partial charge in [-0.3, -0.25) is 0 Å². The van der Waals surface area contributed by atoms with Crippen LogP contribution in [0.3, 0.4) is 0 Å². The lowest BCUT2D eigenvalue weighted by Crippen LogP contribution is -2.30. The van der Waals surface area contributed by atoms with E-state index in [-0.39, 0.29) is 6.04 Å². The van der Waals surface area contributed by atoms with Crippen LogP contribution in [-0.2, 0) is 0 Å². The molecular weight excluding hydrogens is 224 g/mol. The Balaban J connectivity index is 2.05. The largest absolute Gasteiger partial charge is 0.339 e. The first-order valence-corrected chi connectivity index (χ1v) is 6.90. The molecule has 0 spiro atoms. The van der Waals surface area contributed by atoms with Gasteiger partial charge in [-0.1, -0.05) is 0 Å². The number of nitrogens with one attached hydrogen (secondary N) is 1. The number of rotatable bonds is 4. The molecule has 6 heteroatoms. The fourth-order valence-electron chi connectivity index (χ4n) is 1.73. The second-order valence-electron chi connectivity index (χ2n) is 3.69. The fourth-order valence-corrected chi connectivity index (χ4v) is 2.65. The Bertz CT molecular complexity index is 320. The predicted octanol–water partition coefficient (Wildman–Crippen LogP) is 1.29. The number of hydrogen-bond acceptors (Lipinski definition) is 6. The van der Waals surface area contributed by atoms with Gasteiger partial charge in [-0.2, -0.15) is 16.7 Å². The molecule has 16 heavy (non-hydrogen) atoms. The average molecular weight is 242 g/mol. The maximum atomic E-state index is 5.31. The minimum Gasteiger partial charge on any atom is -0.339 e. The van der Waals surface area contributed by atoms with Crippen LogP contribution in [0, 0.1) is 0 Å². The highest BCUT2D eigenvalue weighted by molar-refractivity contribution is 7.99. The predicted molar refractivity (Wildman–Crippen MR) is 65.9 cm³/mol. The van der Waals surface area contributed by atoms with Gasteiger partial charge in [0.1, 0.15) is 0 Å². The topological polar surface area (TPSA) is 54.2 Å². The van der Waals surface area contributed by atoms with Gasteiger partial charge in [-0.05, 0) is 19.0 Å². The monoisotopic (exact) mass is 242 g/mol. The summed E-state index contributed by atoms with van der Waals surface area (Å²) < 4.78 is 5.31. The van der Waals surface area contributed by atoms with Gasteiger partial charge >= 0.3 is 0 Å². The number of hydrogen-bond donors (Lipinski definition) is 1. The van der Waals surface area contributed by atoms with E-state index in [1.807, 2.05) is 11.8 Å². The molecule has 1 N–H and O–H groups in total. The molecule has 0 saturated carbocycles. The molecule has 1 aliphatic rings. The smallest absolute Gasteiger partial charge is 0.266 e. The van der Waals surface area contributed by atoms with E-state index in [1.165, 1.54) is 0 Å². The molecule has 1 aromatic rings. The van der Waals surface area contributed by atoms with Gasteiger partial charge in [-0.25, -0.2) is 0 Å². The zero-order chi connectivity index (χ0) is 11.4. The van der Waals surface area contributed by atoms with Crippen molar-refractivity contribution in [1.29, 1.82) is 0 Å². The zero-order valence-electron chi connectivity index (χ0n) is 9.77. The lowest BCUT2D eigenvalue weighted by atomic mass is 10.3. The van der Waals surface area contributed by atoms with Gasteiger partial charge < -0.3 is 14.7 Å². The second kappa shape index (κ2) is 5.54. The molecule has 0 radical (unpaired) electrons. The van der Waals surface area contributed by atoms with Crippen molar-refractivity contribution in [2.24, 2.45) is 0 Å². The third kappa shape index (κ3) is 2.49. The van der Waals surface area contributed by atoms with E-state index in [0.717, 1.165) is 31.1 Å². The van der Waals surface area contributed by atoms with Crippen molar-refractivity contribution in [2.45, 2.75) is 19.9 Å². The number of anilines is 1. The summed E-state index contributed by atoms with van der Waals surface area (Å²) in [6, 6.07) is 0.218. The first kappa shape index (κ1) is 11.7. The van der Waals surface area contributed by atoms with E-state index in [9.17, 15) is 0 Å². The van der Waals surface area contributed by atoms with Crippen LogP contribution >= 0.6 is 11.8 Å². The molecule has 1 saturated heterocycles. The minimum absolute atomic E-state index is 0.218. The molecule has 0 aliphatic carbocycles. The molecular formula is C10H18N4OS. The highest BCUT2D eigenvalue weighted by atomic mass is 32.2. The van der Waals surface area contributed by atoms with Crippen LogP contribution in [0.25, 0.3) is 0 Å². The zero-order valence-corrected chi connectivity index (χ0v) is 10.6. The lowest BCUT2D eigenvalue weighted by Gasteiger charge is -2.19. The molecule has 0 amide bonds. The van der Waals surface area contributed by atoms with Crippen LogP contribution in [0.2, 0.25) is 0 Å². The first-order valence-electron chi connectivity index (χ1n) is 5.74. The Kier molecular flexibility index (Phi) is 4.06. The van der Waals surface area contributed by atoms with Crippen LogP contribution < -0.4 is 10.2 Å². The highest BCUT2D eigenvalue weighted by Crippen LogP contribution is 2.22. The maximum absolute atomic E-state index is 5.31. The summed E-state index contributed by atoms with van der Waals surface area (Å²) in [4.78, 5) is 6.53. The van der Waals surface area contributed by atoms with Gasteiger partial charge in [0.05, 0.1) is 6.04 Å². The molecule has 0 aromatic carbocycles. The average Bonchev–Trinajstić information content (AvgIpc) is 2.81. The van der Waals surface area contributed by atoms with Crippen LogP contribution in [-0.4, -0.2) is 41.3 Å². The van der Waals surface area contributed by atoms with Gasteiger partial charge in [0.15, 0.2) is 0 Å². The Morgan fingerprint density at radius 2 is 2.31 bits per heavy atom. The van der Waals surface area contributed by atoms with Crippen molar-refractivity contribution in [3.05, 3.63) is 5.89 Å². The van der Waals surface area contributed by atoms with Crippen molar-refractivity contribution < 1.29 is 4.52 Å². The number of aromatic nitrogens is 2. The summed E-state index contributed by atoms with van der Waals surface area (Å²) in [5.41, 5.74) is 0. The highest BCUT2D eigenvalue weighted by Gasteiger charge is 2.22. The molecule has 1 aliphatic heterocycles. The molecule has 1 fully saturated rings. The summed E-state index contributed by atoms with van der Waals surface area (Å²) in [6.07, 6.45) is 0. The molecule has 2 rings (SSSR count). The number of thioether (sulfide) groups is 1. The standard InChI is InChI=1S/C10H18N4OS/c1-3-14(4-2)10-12-9(15-13-10)8-7-16-6-5-11-8/h8,11H,3-7H2,1-2H3. The molecule has 0 bridgehead atoms. The molecule has 1 unspecified atom stereocenters. The van der Waals surface area contributed by atoms with E-state index < -0.39 is 0 Å². The summed E-state index contributed by atoms with van der Waals surface area (Å²) in [7, 11) is 0. The van der Waals surface area contributed by atoms with E-state index in [0.29, 0.717) is 11.8 Å². The van der Waals surface area contributed by atoms with Crippen LogP contribution in [0.1, 0.15) is 25.8 Å². The Hall–Kier alpha value is -0.750. The summed E-state index contributed by atoms with van der Waals surface area (Å²) >= 11 is 1.92. The molecule has 1 aromatic heterocycles. The fraction of sp³-hybridized carbons (Fsp3) is 0.800. The van der Waals surface area contributed by atoms with Crippen molar-refractivity contribution >= 4 is 17.7 Å². The van der Waals surface area contributed by atoms with Gasteiger partial charge in [0, 0.05) is 31.1 Å². The third-order valence-corrected chi connectivity index (χ3v) is 3.76. The van der Waals surface area contributed by atoms with Crippen LogP contribution in [0.15, 0.2) is 4.52 Å². The van der Waals surface area contributed by atoms with Crippen molar-refractivity contribution in [3.63, 3.8) is 0 Å². The SMILES string of the molecule is CCN(CC)c1noc(C2CSCCN2)n1. The molecule has 2 heterocycles. The van der Waals surface area contributed by atoms with Gasteiger partial charge in [0.2, 0.25) is 5.89 Å². The minimum atomic E-state index is 0.218. The number of nitrogens with zero attached hydrogens (tertiary/aromatic N) is 3. The molecule has 5 nitrogen and oxygen atoms in total. The Morgan fingerprint density at radius 3 is 2.94 bits per heavy atom. The Morgan fingerprint density at radius 1 is 1.50 bits per heavy atom. The normalized spacial score (nSPS) is 21.0. The van der Waals surface area contributed by atoms with Gasteiger partial charge in [0.25, 0.3) is 5.95 Å². The third-order valence-electron chi connectivity index (χ3n) is 2.70. The van der Waals surface area contributed by atoms with Crippen LogP contribution in [0.5, 0.6) is 0 Å². The summed E-state index contributed by atoms with van der Waals surface area (Å²) in [5, 5.41) is 7.41. The quantitative estimate of drug-likeness (QED) is 0.858. The maximum Gasteiger partial charge on any atom is 0.266 e. The first-order chi connectivity index (χ1) is 7.85. The van der Waals surface area contributed by atoms with Crippen molar-refractivity contribution in [1.82, 2.24) is 15.5 Å².